The third-order valence-electron chi connectivity index (χ3n) is 4.36. The van der Waals surface area contributed by atoms with Gasteiger partial charge in [0.25, 0.3) is 0 Å². The van der Waals surface area contributed by atoms with Crippen LogP contribution in [0.25, 0.3) is 0 Å². The number of hydrogen-bond acceptors (Lipinski definition) is 4. The number of rotatable bonds is 14. The molecule has 0 radical (unpaired) electrons. The molecule has 0 bridgehead atoms. The first-order valence-corrected chi connectivity index (χ1v) is 9.94. The maximum Gasteiger partial charge on any atom is 0.157 e. The Bertz CT molecular complexity index is 404. The molecular formula is C21H34O4. The molecule has 1 heterocycles. The summed E-state index contributed by atoms with van der Waals surface area (Å²) >= 11 is 0. The van der Waals surface area contributed by atoms with Gasteiger partial charge in [-0.25, -0.2) is 0 Å². The Morgan fingerprint density at radius 2 is 1.56 bits per heavy atom. The number of benzene rings is 1. The van der Waals surface area contributed by atoms with Crippen LogP contribution in [0.3, 0.4) is 0 Å². The minimum absolute atomic E-state index is 0.0665. The molecule has 142 valence electrons. The van der Waals surface area contributed by atoms with Crippen molar-refractivity contribution in [1.29, 1.82) is 0 Å². The summed E-state index contributed by atoms with van der Waals surface area (Å²) in [5.74, 6) is 0.908. The molecule has 1 fully saturated rings. The van der Waals surface area contributed by atoms with Crippen molar-refractivity contribution >= 4 is 0 Å². The Balaban J connectivity index is 1.27. The number of para-hydroxylation sites is 1. The first kappa shape index (κ1) is 20.2. The van der Waals surface area contributed by atoms with Crippen LogP contribution in [0.4, 0.5) is 0 Å². The molecular weight excluding hydrogens is 316 g/mol. The Kier molecular flexibility index (Phi) is 11.4. The van der Waals surface area contributed by atoms with Gasteiger partial charge in [0.05, 0.1) is 6.61 Å². The average molecular weight is 350 g/mol. The highest BCUT2D eigenvalue weighted by Gasteiger charge is 2.13. The first-order chi connectivity index (χ1) is 12.4. The SMILES string of the molecule is c1ccc(OCCOCCCCCCCCOC2CCCCO2)cc1. The van der Waals surface area contributed by atoms with E-state index in [1.54, 1.807) is 0 Å². The van der Waals surface area contributed by atoms with Gasteiger partial charge in [-0.05, 0) is 44.2 Å². The molecule has 1 unspecified atom stereocenters. The van der Waals surface area contributed by atoms with Crippen molar-refractivity contribution in [1.82, 2.24) is 0 Å². The van der Waals surface area contributed by atoms with Crippen LogP contribution >= 0.6 is 0 Å². The van der Waals surface area contributed by atoms with Gasteiger partial charge in [-0.3, -0.25) is 0 Å². The fraction of sp³-hybridized carbons (Fsp3) is 0.714. The molecule has 0 amide bonds. The van der Waals surface area contributed by atoms with E-state index in [-0.39, 0.29) is 6.29 Å². The molecule has 0 saturated carbocycles. The lowest BCUT2D eigenvalue weighted by molar-refractivity contribution is -0.162. The molecule has 0 aromatic heterocycles. The lowest BCUT2D eigenvalue weighted by atomic mass is 10.1. The van der Waals surface area contributed by atoms with Gasteiger partial charge in [0.2, 0.25) is 0 Å². The monoisotopic (exact) mass is 350 g/mol. The van der Waals surface area contributed by atoms with Gasteiger partial charge >= 0.3 is 0 Å². The molecule has 0 N–H and O–H groups in total. The highest BCUT2D eigenvalue weighted by molar-refractivity contribution is 5.20. The van der Waals surface area contributed by atoms with Crippen molar-refractivity contribution < 1.29 is 18.9 Å². The van der Waals surface area contributed by atoms with E-state index < -0.39 is 0 Å². The van der Waals surface area contributed by atoms with Crippen LogP contribution in [-0.2, 0) is 14.2 Å². The van der Waals surface area contributed by atoms with E-state index in [9.17, 15) is 0 Å². The van der Waals surface area contributed by atoms with Crippen LogP contribution in [0, 0.1) is 0 Å². The molecule has 1 aliphatic heterocycles. The fourth-order valence-corrected chi connectivity index (χ4v) is 2.91. The van der Waals surface area contributed by atoms with Gasteiger partial charge in [-0.15, -0.1) is 0 Å². The maximum absolute atomic E-state index is 5.74. The van der Waals surface area contributed by atoms with E-state index in [2.05, 4.69) is 0 Å². The second-order valence-corrected chi connectivity index (χ2v) is 6.56. The van der Waals surface area contributed by atoms with E-state index >= 15 is 0 Å². The van der Waals surface area contributed by atoms with Crippen LogP contribution in [0.2, 0.25) is 0 Å². The smallest absolute Gasteiger partial charge is 0.157 e. The molecule has 1 aromatic rings. The van der Waals surface area contributed by atoms with Crippen molar-refractivity contribution in [2.45, 2.75) is 64.1 Å². The van der Waals surface area contributed by atoms with Crippen LogP contribution in [0.5, 0.6) is 5.75 Å². The molecule has 4 heteroatoms. The molecule has 2 rings (SSSR count). The molecule has 1 saturated heterocycles. The maximum atomic E-state index is 5.74. The largest absolute Gasteiger partial charge is 0.491 e. The van der Waals surface area contributed by atoms with Gasteiger partial charge in [-0.1, -0.05) is 43.9 Å². The van der Waals surface area contributed by atoms with Crippen molar-refractivity contribution in [3.8, 4) is 5.75 Å². The predicted octanol–water partition coefficient (Wildman–Crippen LogP) is 4.97. The van der Waals surface area contributed by atoms with Gasteiger partial charge in [-0.2, -0.15) is 0 Å². The number of unbranched alkanes of at least 4 members (excludes halogenated alkanes) is 5. The summed E-state index contributed by atoms with van der Waals surface area (Å²) in [4.78, 5) is 0. The topological polar surface area (TPSA) is 36.9 Å². The zero-order valence-corrected chi connectivity index (χ0v) is 15.5. The van der Waals surface area contributed by atoms with Crippen LogP contribution in [0.1, 0.15) is 57.8 Å². The fourth-order valence-electron chi connectivity index (χ4n) is 2.91. The predicted molar refractivity (Wildman–Crippen MR) is 100 cm³/mol. The quantitative estimate of drug-likeness (QED) is 0.444. The Morgan fingerprint density at radius 3 is 2.32 bits per heavy atom. The van der Waals surface area contributed by atoms with E-state index in [1.807, 2.05) is 30.3 Å². The zero-order valence-electron chi connectivity index (χ0n) is 15.5. The van der Waals surface area contributed by atoms with E-state index in [1.165, 1.54) is 38.5 Å². The zero-order chi connectivity index (χ0) is 17.4. The molecule has 1 aromatic carbocycles. The minimum Gasteiger partial charge on any atom is -0.491 e. The van der Waals surface area contributed by atoms with Gasteiger partial charge in [0.1, 0.15) is 12.4 Å². The molecule has 0 spiro atoms. The highest BCUT2D eigenvalue weighted by Crippen LogP contribution is 2.14. The molecule has 1 atom stereocenters. The van der Waals surface area contributed by atoms with Gasteiger partial charge in [0.15, 0.2) is 6.29 Å². The van der Waals surface area contributed by atoms with Crippen molar-refractivity contribution in [3.05, 3.63) is 30.3 Å². The normalized spacial score (nSPS) is 17.5. The van der Waals surface area contributed by atoms with E-state index in [4.69, 9.17) is 18.9 Å². The number of ether oxygens (including phenoxy) is 4. The van der Waals surface area contributed by atoms with E-state index in [0.717, 1.165) is 44.8 Å². The third-order valence-corrected chi connectivity index (χ3v) is 4.36. The standard InChI is InChI=1S/C21H34O4/c1(2-4-10-16-24-21-14-8-11-17-25-21)3-9-15-22-18-19-23-20-12-6-5-7-13-20/h5-7,12-13,21H,1-4,8-11,14-19H2. The molecule has 4 nitrogen and oxygen atoms in total. The van der Waals surface area contributed by atoms with Crippen molar-refractivity contribution in [2.75, 3.05) is 33.0 Å². The summed E-state index contributed by atoms with van der Waals surface area (Å²) in [5, 5.41) is 0. The summed E-state index contributed by atoms with van der Waals surface area (Å²) in [6, 6.07) is 9.88. The van der Waals surface area contributed by atoms with Crippen molar-refractivity contribution in [3.63, 3.8) is 0 Å². The Morgan fingerprint density at radius 1 is 0.800 bits per heavy atom. The Hall–Kier alpha value is -1.10. The molecule has 25 heavy (non-hydrogen) atoms. The minimum atomic E-state index is 0.0665. The summed E-state index contributed by atoms with van der Waals surface area (Å²) < 4.78 is 22.5. The summed E-state index contributed by atoms with van der Waals surface area (Å²) in [6.07, 6.45) is 10.9. The summed E-state index contributed by atoms with van der Waals surface area (Å²) in [7, 11) is 0. The van der Waals surface area contributed by atoms with E-state index in [0.29, 0.717) is 13.2 Å². The van der Waals surface area contributed by atoms with Crippen molar-refractivity contribution in [2.24, 2.45) is 0 Å². The lowest BCUT2D eigenvalue weighted by Crippen LogP contribution is -2.22. The van der Waals surface area contributed by atoms with Crippen LogP contribution in [-0.4, -0.2) is 39.3 Å². The Labute approximate surface area is 152 Å². The molecule has 0 aliphatic carbocycles. The van der Waals surface area contributed by atoms with Gasteiger partial charge < -0.3 is 18.9 Å². The third kappa shape index (κ3) is 10.5. The average Bonchev–Trinajstić information content (AvgIpc) is 2.67. The van der Waals surface area contributed by atoms with Crippen LogP contribution in [0.15, 0.2) is 30.3 Å². The van der Waals surface area contributed by atoms with Gasteiger partial charge in [0, 0.05) is 19.8 Å². The highest BCUT2D eigenvalue weighted by atomic mass is 16.7. The second-order valence-electron chi connectivity index (χ2n) is 6.56. The number of hydrogen-bond donors (Lipinski definition) is 0. The second kappa shape index (κ2) is 14.1. The summed E-state index contributed by atoms with van der Waals surface area (Å²) in [6.45, 7) is 3.82. The van der Waals surface area contributed by atoms with Crippen LogP contribution < -0.4 is 4.74 Å². The first-order valence-electron chi connectivity index (χ1n) is 9.94. The lowest BCUT2D eigenvalue weighted by Gasteiger charge is -2.22. The summed E-state index contributed by atoms with van der Waals surface area (Å²) in [5.41, 5.74) is 0. The molecule has 1 aliphatic rings.